The van der Waals surface area contributed by atoms with Crippen LogP contribution in [0.3, 0.4) is 0 Å². The van der Waals surface area contributed by atoms with E-state index in [2.05, 4.69) is 4.98 Å². The zero-order valence-corrected chi connectivity index (χ0v) is 14.3. The van der Waals surface area contributed by atoms with Gasteiger partial charge in [0.05, 0.1) is 10.8 Å². The Hall–Kier alpha value is -1.31. The first-order valence-corrected chi connectivity index (χ1v) is 10.2. The Morgan fingerprint density at radius 3 is 2.65 bits per heavy atom. The highest BCUT2D eigenvalue weighted by atomic mass is 32.2. The smallest absolute Gasteiger partial charge is 0.214 e. The maximum atomic E-state index is 13.6. The topological polar surface area (TPSA) is 50.3 Å². The minimum absolute atomic E-state index is 0.0458. The maximum Gasteiger partial charge on any atom is 0.214 e. The van der Waals surface area contributed by atoms with Gasteiger partial charge in [0.2, 0.25) is 10.0 Å². The van der Waals surface area contributed by atoms with Crippen LogP contribution in [0.1, 0.15) is 29.3 Å². The number of rotatable bonds is 5. The Balaban J connectivity index is 1.57. The molecule has 0 bridgehead atoms. The van der Waals surface area contributed by atoms with Crippen molar-refractivity contribution in [2.45, 2.75) is 25.2 Å². The van der Waals surface area contributed by atoms with Gasteiger partial charge in [0, 0.05) is 30.6 Å². The molecule has 0 radical (unpaired) electrons. The third-order valence-electron chi connectivity index (χ3n) is 4.24. The molecule has 1 aliphatic heterocycles. The SMILES string of the molecule is O=S(=O)(CCc1ccccc1F)N1CCC(c2nccs2)CC1. The van der Waals surface area contributed by atoms with Crippen molar-refractivity contribution in [2.75, 3.05) is 18.8 Å². The summed E-state index contributed by atoms with van der Waals surface area (Å²) in [4.78, 5) is 4.32. The van der Waals surface area contributed by atoms with E-state index >= 15 is 0 Å². The van der Waals surface area contributed by atoms with Crippen molar-refractivity contribution in [2.24, 2.45) is 0 Å². The van der Waals surface area contributed by atoms with Crippen LogP contribution in [0.5, 0.6) is 0 Å². The highest BCUT2D eigenvalue weighted by Gasteiger charge is 2.29. The molecule has 0 aliphatic carbocycles. The van der Waals surface area contributed by atoms with Gasteiger partial charge in [0.15, 0.2) is 0 Å². The molecule has 0 amide bonds. The summed E-state index contributed by atoms with van der Waals surface area (Å²) >= 11 is 1.63. The molecule has 1 aromatic carbocycles. The zero-order chi connectivity index (χ0) is 16.3. The van der Waals surface area contributed by atoms with Gasteiger partial charge in [-0.05, 0) is 30.9 Å². The van der Waals surface area contributed by atoms with Crippen LogP contribution in [0.25, 0.3) is 0 Å². The summed E-state index contributed by atoms with van der Waals surface area (Å²) in [6, 6.07) is 6.34. The molecule has 4 nitrogen and oxygen atoms in total. The van der Waals surface area contributed by atoms with Crippen LogP contribution in [0, 0.1) is 5.82 Å². The minimum atomic E-state index is -3.34. The fourth-order valence-electron chi connectivity index (χ4n) is 2.89. The van der Waals surface area contributed by atoms with Crippen LogP contribution in [0.15, 0.2) is 35.8 Å². The van der Waals surface area contributed by atoms with E-state index < -0.39 is 10.0 Å². The van der Waals surface area contributed by atoms with Gasteiger partial charge < -0.3 is 0 Å². The average molecular weight is 354 g/mol. The first-order valence-electron chi connectivity index (χ1n) is 7.67. The van der Waals surface area contributed by atoms with Gasteiger partial charge in [-0.15, -0.1) is 11.3 Å². The van der Waals surface area contributed by atoms with E-state index in [1.54, 1.807) is 35.7 Å². The van der Waals surface area contributed by atoms with Crippen molar-refractivity contribution in [3.05, 3.63) is 52.2 Å². The molecule has 2 heterocycles. The van der Waals surface area contributed by atoms with Crippen LogP contribution in [-0.2, 0) is 16.4 Å². The standard InChI is InChI=1S/C16H19FN2O2S2/c17-15-4-2-1-3-13(15)7-12-23(20,21)19-9-5-14(6-10-19)16-18-8-11-22-16/h1-4,8,11,14H,5-7,9-10,12H2. The van der Waals surface area contributed by atoms with E-state index in [0.717, 1.165) is 17.8 Å². The molecular weight excluding hydrogens is 335 g/mol. The molecule has 0 atom stereocenters. The van der Waals surface area contributed by atoms with Crippen LogP contribution in [-0.4, -0.2) is 36.5 Å². The van der Waals surface area contributed by atoms with Gasteiger partial charge in [0.25, 0.3) is 0 Å². The van der Waals surface area contributed by atoms with Gasteiger partial charge >= 0.3 is 0 Å². The third kappa shape index (κ3) is 3.97. The normalized spacial score (nSPS) is 17.4. The lowest BCUT2D eigenvalue weighted by Gasteiger charge is -2.30. The first-order chi connectivity index (χ1) is 11.1. The summed E-state index contributed by atoms with van der Waals surface area (Å²) in [6.07, 6.45) is 3.60. The predicted molar refractivity (Wildman–Crippen MR) is 89.6 cm³/mol. The highest BCUT2D eigenvalue weighted by Crippen LogP contribution is 2.30. The molecular formula is C16H19FN2O2S2. The van der Waals surface area contributed by atoms with Crippen molar-refractivity contribution >= 4 is 21.4 Å². The molecule has 0 saturated carbocycles. The second kappa shape index (κ2) is 7.07. The summed E-state index contributed by atoms with van der Waals surface area (Å²) in [6.45, 7) is 1.04. The van der Waals surface area contributed by atoms with E-state index in [1.165, 1.54) is 10.4 Å². The molecule has 124 valence electrons. The second-order valence-corrected chi connectivity index (χ2v) is 8.72. The summed E-state index contributed by atoms with van der Waals surface area (Å²) < 4.78 is 40.0. The predicted octanol–water partition coefficient (Wildman–Crippen LogP) is 3.03. The van der Waals surface area contributed by atoms with Crippen molar-refractivity contribution in [3.63, 3.8) is 0 Å². The molecule has 0 unspecified atom stereocenters. The average Bonchev–Trinajstić information content (AvgIpc) is 3.09. The molecule has 3 rings (SSSR count). The lowest BCUT2D eigenvalue weighted by Crippen LogP contribution is -2.39. The molecule has 1 saturated heterocycles. The van der Waals surface area contributed by atoms with Crippen LogP contribution < -0.4 is 0 Å². The molecule has 0 spiro atoms. The number of aryl methyl sites for hydroxylation is 1. The quantitative estimate of drug-likeness (QED) is 0.829. The Bertz CT molecular complexity index is 739. The number of aromatic nitrogens is 1. The lowest BCUT2D eigenvalue weighted by molar-refractivity contribution is 0.319. The van der Waals surface area contributed by atoms with Crippen molar-refractivity contribution in [1.82, 2.24) is 9.29 Å². The Morgan fingerprint density at radius 1 is 1.26 bits per heavy atom. The lowest BCUT2D eigenvalue weighted by atomic mass is 9.99. The Labute approximate surface area is 140 Å². The van der Waals surface area contributed by atoms with Crippen molar-refractivity contribution < 1.29 is 12.8 Å². The summed E-state index contributed by atoms with van der Waals surface area (Å²) in [5, 5.41) is 3.04. The largest absolute Gasteiger partial charge is 0.249 e. The number of benzene rings is 1. The van der Waals surface area contributed by atoms with Crippen molar-refractivity contribution in [1.29, 1.82) is 0 Å². The van der Waals surface area contributed by atoms with Gasteiger partial charge in [0.1, 0.15) is 5.82 Å². The fourth-order valence-corrected chi connectivity index (χ4v) is 5.20. The fraction of sp³-hybridized carbons (Fsp3) is 0.438. The van der Waals surface area contributed by atoms with Gasteiger partial charge in [-0.25, -0.2) is 22.1 Å². The minimum Gasteiger partial charge on any atom is -0.249 e. The molecule has 23 heavy (non-hydrogen) atoms. The van der Waals surface area contributed by atoms with Crippen LogP contribution >= 0.6 is 11.3 Å². The van der Waals surface area contributed by atoms with Gasteiger partial charge in [-0.3, -0.25) is 0 Å². The monoisotopic (exact) mass is 354 g/mol. The van der Waals surface area contributed by atoms with Gasteiger partial charge in [-0.2, -0.15) is 0 Å². The number of hydrogen-bond acceptors (Lipinski definition) is 4. The molecule has 7 heteroatoms. The summed E-state index contributed by atoms with van der Waals surface area (Å²) in [5.41, 5.74) is 0.453. The van der Waals surface area contributed by atoms with E-state index in [-0.39, 0.29) is 18.0 Å². The van der Waals surface area contributed by atoms with Crippen LogP contribution in [0.2, 0.25) is 0 Å². The van der Waals surface area contributed by atoms with E-state index in [1.807, 2.05) is 5.38 Å². The number of nitrogens with zero attached hydrogens (tertiary/aromatic N) is 2. The number of thiazole rings is 1. The zero-order valence-electron chi connectivity index (χ0n) is 12.7. The maximum absolute atomic E-state index is 13.6. The number of halogens is 1. The summed E-state index contributed by atoms with van der Waals surface area (Å²) in [7, 11) is -3.34. The van der Waals surface area contributed by atoms with E-state index in [9.17, 15) is 12.8 Å². The third-order valence-corrected chi connectivity index (χ3v) is 7.05. The van der Waals surface area contributed by atoms with Gasteiger partial charge in [-0.1, -0.05) is 18.2 Å². The molecule has 0 N–H and O–H groups in total. The second-order valence-electron chi connectivity index (χ2n) is 5.70. The van der Waals surface area contributed by atoms with Crippen molar-refractivity contribution in [3.8, 4) is 0 Å². The Morgan fingerprint density at radius 2 is 2.00 bits per heavy atom. The number of sulfonamides is 1. The molecule has 1 fully saturated rings. The molecule has 2 aromatic rings. The molecule has 1 aromatic heterocycles. The van der Waals surface area contributed by atoms with E-state index in [0.29, 0.717) is 24.6 Å². The van der Waals surface area contributed by atoms with Crippen LogP contribution in [0.4, 0.5) is 4.39 Å². The molecule has 1 aliphatic rings. The number of hydrogen-bond donors (Lipinski definition) is 0. The summed E-state index contributed by atoms with van der Waals surface area (Å²) in [5.74, 6) is -0.0336. The van der Waals surface area contributed by atoms with E-state index in [4.69, 9.17) is 0 Å². The first kappa shape index (κ1) is 16.5. The number of piperidine rings is 1. The Kier molecular flexibility index (Phi) is 5.08. The highest BCUT2D eigenvalue weighted by molar-refractivity contribution is 7.89.